The van der Waals surface area contributed by atoms with E-state index in [0.717, 1.165) is 22.4 Å². The molecule has 0 aliphatic carbocycles. The number of imidazole rings is 1. The lowest BCUT2D eigenvalue weighted by Gasteiger charge is -2.21. The maximum Gasteiger partial charge on any atom is 0.149 e. The number of halogens is 1. The third-order valence-corrected chi connectivity index (χ3v) is 3.60. The Morgan fingerprint density at radius 2 is 2.31 bits per heavy atom. The molecule has 2 heterocycles. The van der Waals surface area contributed by atoms with Crippen molar-refractivity contribution < 1.29 is 5.11 Å². The highest BCUT2D eigenvalue weighted by atomic mass is 79.9. The minimum atomic E-state index is -0.937. The van der Waals surface area contributed by atoms with Crippen molar-refractivity contribution in [2.24, 2.45) is 0 Å². The van der Waals surface area contributed by atoms with Crippen LogP contribution in [0.25, 0.3) is 0 Å². The predicted molar refractivity (Wildman–Crippen MR) is 64.0 cm³/mol. The smallest absolute Gasteiger partial charge is 0.149 e. The Bertz CT molecular complexity index is 537. The van der Waals surface area contributed by atoms with E-state index in [-0.39, 0.29) is 0 Å². The first kappa shape index (κ1) is 10.1. The van der Waals surface area contributed by atoms with Crippen molar-refractivity contribution in [1.29, 1.82) is 0 Å². The first-order valence-electron chi connectivity index (χ1n) is 5.20. The molecule has 0 unspecified atom stereocenters. The molecule has 0 saturated carbocycles. The van der Waals surface area contributed by atoms with Gasteiger partial charge in [0.1, 0.15) is 11.4 Å². The standard InChI is InChI=1S/C12H11BrN2O/c13-10-3-1-2-9(8-10)12(16)4-6-15-7-5-14-11(12)15/h1-3,5,7-8,16H,4,6H2/t12-/m0/s1. The molecule has 3 rings (SSSR count). The van der Waals surface area contributed by atoms with Crippen molar-refractivity contribution in [2.45, 2.75) is 18.6 Å². The highest BCUT2D eigenvalue weighted by Crippen LogP contribution is 2.37. The minimum absolute atomic E-state index is 0.687. The van der Waals surface area contributed by atoms with Gasteiger partial charge in [0.2, 0.25) is 0 Å². The number of benzene rings is 1. The number of rotatable bonds is 1. The van der Waals surface area contributed by atoms with Crippen molar-refractivity contribution in [1.82, 2.24) is 9.55 Å². The van der Waals surface area contributed by atoms with Crippen LogP contribution in [0.1, 0.15) is 17.8 Å². The Morgan fingerprint density at radius 1 is 1.44 bits per heavy atom. The van der Waals surface area contributed by atoms with Gasteiger partial charge in [-0.1, -0.05) is 28.1 Å². The Kier molecular flexibility index (Phi) is 2.16. The van der Waals surface area contributed by atoms with E-state index in [4.69, 9.17) is 0 Å². The minimum Gasteiger partial charge on any atom is -0.377 e. The van der Waals surface area contributed by atoms with Gasteiger partial charge in [0, 0.05) is 29.8 Å². The van der Waals surface area contributed by atoms with Crippen LogP contribution < -0.4 is 0 Å². The van der Waals surface area contributed by atoms with Crippen LogP contribution >= 0.6 is 15.9 Å². The molecule has 1 aliphatic heterocycles. The predicted octanol–water partition coefficient (Wildman–Crippen LogP) is 2.29. The fourth-order valence-electron chi connectivity index (χ4n) is 2.27. The van der Waals surface area contributed by atoms with Gasteiger partial charge in [0.25, 0.3) is 0 Å². The highest BCUT2D eigenvalue weighted by molar-refractivity contribution is 9.10. The lowest BCUT2D eigenvalue weighted by atomic mass is 9.92. The number of nitrogens with zero attached hydrogens (tertiary/aromatic N) is 2. The summed E-state index contributed by atoms with van der Waals surface area (Å²) in [6.45, 7) is 0.818. The molecule has 1 N–H and O–H groups in total. The Balaban J connectivity index is 2.14. The Labute approximate surface area is 102 Å². The van der Waals surface area contributed by atoms with Gasteiger partial charge in [-0.3, -0.25) is 0 Å². The third kappa shape index (κ3) is 1.33. The number of aromatic nitrogens is 2. The van der Waals surface area contributed by atoms with Gasteiger partial charge in [-0.15, -0.1) is 0 Å². The van der Waals surface area contributed by atoms with Gasteiger partial charge >= 0.3 is 0 Å². The van der Waals surface area contributed by atoms with Crippen LogP contribution in [0.5, 0.6) is 0 Å². The number of hydrogen-bond donors (Lipinski definition) is 1. The first-order valence-corrected chi connectivity index (χ1v) is 5.99. The second-order valence-corrected chi connectivity index (χ2v) is 4.98. The summed E-state index contributed by atoms with van der Waals surface area (Å²) in [5.41, 5.74) is -0.0420. The fourth-order valence-corrected chi connectivity index (χ4v) is 2.67. The molecule has 0 amide bonds. The molecule has 0 saturated heterocycles. The topological polar surface area (TPSA) is 38.0 Å². The summed E-state index contributed by atoms with van der Waals surface area (Å²) < 4.78 is 2.98. The number of aliphatic hydroxyl groups is 1. The summed E-state index contributed by atoms with van der Waals surface area (Å²) in [6.07, 6.45) is 4.33. The van der Waals surface area contributed by atoms with E-state index in [1.165, 1.54) is 0 Å². The van der Waals surface area contributed by atoms with Crippen LogP contribution in [-0.4, -0.2) is 14.7 Å². The Hall–Kier alpha value is -1.13. The van der Waals surface area contributed by atoms with Gasteiger partial charge in [0.15, 0.2) is 0 Å². The van der Waals surface area contributed by atoms with E-state index in [1.54, 1.807) is 6.20 Å². The van der Waals surface area contributed by atoms with E-state index in [0.29, 0.717) is 6.42 Å². The summed E-state index contributed by atoms with van der Waals surface area (Å²) in [5, 5.41) is 10.7. The average molecular weight is 279 g/mol. The summed E-state index contributed by atoms with van der Waals surface area (Å²) in [5.74, 6) is 0.741. The average Bonchev–Trinajstić information content (AvgIpc) is 2.84. The largest absolute Gasteiger partial charge is 0.377 e. The molecule has 16 heavy (non-hydrogen) atoms. The van der Waals surface area contributed by atoms with Gasteiger partial charge in [0.05, 0.1) is 0 Å². The first-order chi connectivity index (χ1) is 7.70. The summed E-state index contributed by atoms with van der Waals surface area (Å²) in [7, 11) is 0. The number of aryl methyl sites for hydroxylation is 1. The van der Waals surface area contributed by atoms with E-state index in [2.05, 4.69) is 20.9 Å². The van der Waals surface area contributed by atoms with Crippen molar-refractivity contribution in [3.8, 4) is 0 Å². The van der Waals surface area contributed by atoms with E-state index in [1.807, 2.05) is 35.0 Å². The van der Waals surface area contributed by atoms with Crippen LogP contribution in [0.15, 0.2) is 41.1 Å². The molecule has 3 nitrogen and oxygen atoms in total. The molecule has 1 aromatic heterocycles. The number of hydrogen-bond acceptors (Lipinski definition) is 2. The molecule has 1 aliphatic rings. The molecular weight excluding hydrogens is 268 g/mol. The molecule has 82 valence electrons. The van der Waals surface area contributed by atoms with Gasteiger partial charge in [-0.2, -0.15) is 0 Å². The molecule has 0 radical (unpaired) electrons. The monoisotopic (exact) mass is 278 g/mol. The number of fused-ring (bicyclic) bond motifs is 1. The maximum absolute atomic E-state index is 10.7. The van der Waals surface area contributed by atoms with E-state index in [9.17, 15) is 5.11 Å². The zero-order chi connectivity index (χ0) is 11.2. The van der Waals surface area contributed by atoms with Gasteiger partial charge in [-0.05, 0) is 17.7 Å². The van der Waals surface area contributed by atoms with Crippen LogP contribution in [-0.2, 0) is 12.1 Å². The zero-order valence-electron chi connectivity index (χ0n) is 8.60. The van der Waals surface area contributed by atoms with Gasteiger partial charge < -0.3 is 9.67 Å². The summed E-state index contributed by atoms with van der Waals surface area (Å²) >= 11 is 3.43. The molecular formula is C12H11BrN2O. The van der Waals surface area contributed by atoms with Crippen molar-refractivity contribution in [3.63, 3.8) is 0 Å². The van der Waals surface area contributed by atoms with E-state index < -0.39 is 5.60 Å². The second-order valence-electron chi connectivity index (χ2n) is 4.06. The lowest BCUT2D eigenvalue weighted by molar-refractivity contribution is 0.0785. The van der Waals surface area contributed by atoms with Crippen LogP contribution in [0.2, 0.25) is 0 Å². The highest BCUT2D eigenvalue weighted by Gasteiger charge is 2.40. The fraction of sp³-hybridized carbons (Fsp3) is 0.250. The van der Waals surface area contributed by atoms with Crippen LogP contribution in [0.3, 0.4) is 0 Å². The second kappa shape index (κ2) is 3.43. The summed E-state index contributed by atoms with van der Waals surface area (Å²) in [6, 6.07) is 7.77. The van der Waals surface area contributed by atoms with Crippen molar-refractivity contribution in [2.75, 3.05) is 0 Å². The molecule has 0 bridgehead atoms. The molecule has 0 spiro atoms. The summed E-state index contributed by atoms with van der Waals surface area (Å²) in [4.78, 5) is 4.25. The normalized spacial score (nSPS) is 23.4. The van der Waals surface area contributed by atoms with E-state index >= 15 is 0 Å². The quantitative estimate of drug-likeness (QED) is 0.869. The van der Waals surface area contributed by atoms with Crippen molar-refractivity contribution >= 4 is 15.9 Å². The van der Waals surface area contributed by atoms with Gasteiger partial charge in [-0.25, -0.2) is 4.98 Å². The maximum atomic E-state index is 10.7. The zero-order valence-corrected chi connectivity index (χ0v) is 10.2. The van der Waals surface area contributed by atoms with Crippen LogP contribution in [0.4, 0.5) is 0 Å². The molecule has 2 aromatic rings. The molecule has 4 heteroatoms. The molecule has 0 fully saturated rings. The molecule has 1 aromatic carbocycles. The third-order valence-electron chi connectivity index (χ3n) is 3.10. The van der Waals surface area contributed by atoms with Crippen LogP contribution in [0, 0.1) is 0 Å². The SMILES string of the molecule is O[C@]1(c2cccc(Br)c2)CCn2ccnc21. The molecule has 1 atom stereocenters. The Morgan fingerprint density at radius 3 is 3.12 bits per heavy atom. The lowest BCUT2D eigenvalue weighted by Crippen LogP contribution is -2.24. The van der Waals surface area contributed by atoms with Crippen molar-refractivity contribution in [3.05, 3.63) is 52.5 Å².